The summed E-state index contributed by atoms with van der Waals surface area (Å²) >= 11 is 0. The maximum absolute atomic E-state index is 14.0. The fourth-order valence-corrected chi connectivity index (χ4v) is 2.95. The number of amides is 1. The Labute approximate surface area is 165 Å². The van der Waals surface area contributed by atoms with Gasteiger partial charge in [0.05, 0.1) is 23.7 Å². The van der Waals surface area contributed by atoms with Crippen LogP contribution < -0.4 is 5.32 Å². The normalized spacial score (nSPS) is 10.7. The van der Waals surface area contributed by atoms with Crippen LogP contribution in [0.4, 0.5) is 10.2 Å². The molecule has 4 aromatic rings. The number of aromatic amines is 1. The first-order chi connectivity index (χ1) is 14.0. The summed E-state index contributed by atoms with van der Waals surface area (Å²) in [5.74, 6) is -0.448. The van der Waals surface area contributed by atoms with Gasteiger partial charge in [0.2, 0.25) is 5.82 Å². The van der Waals surface area contributed by atoms with Gasteiger partial charge in [-0.25, -0.2) is 9.37 Å². The summed E-state index contributed by atoms with van der Waals surface area (Å²) in [4.78, 5) is 21.0. The van der Waals surface area contributed by atoms with Crippen molar-refractivity contribution < 1.29 is 9.18 Å². The van der Waals surface area contributed by atoms with E-state index in [1.54, 1.807) is 25.3 Å². The van der Waals surface area contributed by atoms with E-state index in [1.807, 2.05) is 25.1 Å². The van der Waals surface area contributed by atoms with E-state index in [1.165, 1.54) is 12.3 Å². The molecule has 8 nitrogen and oxygen atoms in total. The topological polar surface area (TPSA) is 109 Å². The Balaban J connectivity index is 1.59. The number of tetrazole rings is 1. The van der Waals surface area contributed by atoms with Crippen molar-refractivity contribution in [3.63, 3.8) is 0 Å². The predicted molar refractivity (Wildman–Crippen MR) is 104 cm³/mol. The molecule has 29 heavy (non-hydrogen) atoms. The summed E-state index contributed by atoms with van der Waals surface area (Å²) in [7, 11) is 0. The van der Waals surface area contributed by atoms with Gasteiger partial charge < -0.3 is 5.32 Å². The van der Waals surface area contributed by atoms with Crippen molar-refractivity contribution in [2.24, 2.45) is 0 Å². The summed E-state index contributed by atoms with van der Waals surface area (Å²) in [5.41, 5.74) is 3.78. The molecule has 0 bridgehead atoms. The van der Waals surface area contributed by atoms with Gasteiger partial charge in [-0.1, -0.05) is 24.3 Å². The standard InChI is InChI=1S/C20H16FN7O/c1-11-6-7-13(19-25-27-28-26-19)8-14(11)16-9-23-17(10-22-16)24-20(29)18-12(2)4-3-5-15(18)21/h3-10H,1-2H3,(H,23,24,29)(H,25,26,27,28). The highest BCUT2D eigenvalue weighted by Crippen LogP contribution is 2.26. The van der Waals surface area contributed by atoms with Crippen LogP contribution in [0, 0.1) is 19.7 Å². The number of aromatic nitrogens is 6. The summed E-state index contributed by atoms with van der Waals surface area (Å²) in [5, 5.41) is 16.5. The first-order valence-electron chi connectivity index (χ1n) is 8.76. The number of nitrogens with one attached hydrogen (secondary N) is 2. The van der Waals surface area contributed by atoms with Crippen LogP contribution >= 0.6 is 0 Å². The highest BCUT2D eigenvalue weighted by atomic mass is 19.1. The van der Waals surface area contributed by atoms with Crippen molar-refractivity contribution >= 4 is 11.7 Å². The van der Waals surface area contributed by atoms with E-state index in [4.69, 9.17) is 0 Å². The molecule has 0 aliphatic rings. The van der Waals surface area contributed by atoms with Crippen LogP contribution in [0.1, 0.15) is 21.5 Å². The van der Waals surface area contributed by atoms with Gasteiger partial charge in [-0.15, -0.1) is 10.2 Å². The number of nitrogens with zero attached hydrogens (tertiary/aromatic N) is 5. The molecule has 0 unspecified atom stereocenters. The Kier molecular flexibility index (Phi) is 4.78. The molecule has 0 aliphatic heterocycles. The van der Waals surface area contributed by atoms with Crippen LogP contribution in [0.25, 0.3) is 22.6 Å². The molecule has 9 heteroatoms. The van der Waals surface area contributed by atoms with Crippen molar-refractivity contribution in [1.82, 2.24) is 30.6 Å². The number of H-pyrrole nitrogens is 1. The maximum atomic E-state index is 14.0. The van der Waals surface area contributed by atoms with Crippen LogP contribution in [0.15, 0.2) is 48.8 Å². The van der Waals surface area contributed by atoms with E-state index in [9.17, 15) is 9.18 Å². The molecule has 144 valence electrons. The van der Waals surface area contributed by atoms with E-state index in [0.29, 0.717) is 17.1 Å². The molecule has 0 atom stereocenters. The zero-order valence-electron chi connectivity index (χ0n) is 15.6. The number of hydrogen-bond donors (Lipinski definition) is 2. The van der Waals surface area contributed by atoms with E-state index in [0.717, 1.165) is 16.7 Å². The first-order valence-corrected chi connectivity index (χ1v) is 8.76. The van der Waals surface area contributed by atoms with Crippen LogP contribution in [-0.2, 0) is 0 Å². The van der Waals surface area contributed by atoms with E-state index in [2.05, 4.69) is 35.9 Å². The van der Waals surface area contributed by atoms with Gasteiger partial charge in [0.15, 0.2) is 5.82 Å². The molecule has 2 aromatic heterocycles. The molecule has 0 saturated heterocycles. The second-order valence-electron chi connectivity index (χ2n) is 6.44. The summed E-state index contributed by atoms with van der Waals surface area (Å²) in [6.45, 7) is 3.62. The van der Waals surface area contributed by atoms with Crippen LogP contribution in [0.5, 0.6) is 0 Å². The number of carbonyl (C=O) groups is 1. The molecule has 2 aromatic carbocycles. The average molecular weight is 389 g/mol. The second kappa shape index (κ2) is 7.55. The number of anilines is 1. The summed E-state index contributed by atoms with van der Waals surface area (Å²) in [6, 6.07) is 10.2. The summed E-state index contributed by atoms with van der Waals surface area (Å²) < 4.78 is 14.0. The number of aryl methyl sites for hydroxylation is 2. The minimum absolute atomic E-state index is 0.0120. The minimum atomic E-state index is -0.582. The van der Waals surface area contributed by atoms with Crippen molar-refractivity contribution in [2.75, 3.05) is 5.32 Å². The number of hydrogen-bond acceptors (Lipinski definition) is 6. The molecular formula is C20H16FN7O. The molecule has 0 aliphatic carbocycles. The number of halogens is 1. The molecule has 0 saturated carbocycles. The quantitative estimate of drug-likeness (QED) is 0.554. The van der Waals surface area contributed by atoms with Gasteiger partial charge >= 0.3 is 0 Å². The van der Waals surface area contributed by atoms with Gasteiger partial charge in [0.25, 0.3) is 5.91 Å². The third-order valence-electron chi connectivity index (χ3n) is 4.46. The maximum Gasteiger partial charge on any atom is 0.260 e. The predicted octanol–water partition coefficient (Wildman–Crippen LogP) is 3.33. The summed E-state index contributed by atoms with van der Waals surface area (Å²) in [6.07, 6.45) is 2.98. The first kappa shape index (κ1) is 18.4. The Morgan fingerprint density at radius 1 is 1.07 bits per heavy atom. The van der Waals surface area contributed by atoms with Crippen molar-refractivity contribution in [1.29, 1.82) is 0 Å². The molecule has 2 N–H and O–H groups in total. The average Bonchev–Trinajstić information content (AvgIpc) is 3.24. The van der Waals surface area contributed by atoms with Gasteiger partial charge in [0, 0.05) is 11.1 Å². The number of benzene rings is 2. The third kappa shape index (κ3) is 3.70. The van der Waals surface area contributed by atoms with E-state index in [-0.39, 0.29) is 11.4 Å². The Morgan fingerprint density at radius 2 is 1.93 bits per heavy atom. The molecule has 1 amide bonds. The lowest BCUT2D eigenvalue weighted by molar-refractivity contribution is 0.102. The minimum Gasteiger partial charge on any atom is -0.305 e. The van der Waals surface area contributed by atoms with Gasteiger partial charge in [-0.05, 0) is 42.3 Å². The molecule has 0 spiro atoms. The van der Waals surface area contributed by atoms with Gasteiger partial charge in [-0.2, -0.15) is 5.21 Å². The van der Waals surface area contributed by atoms with Crippen molar-refractivity contribution in [3.05, 3.63) is 71.3 Å². The lowest BCUT2D eigenvalue weighted by atomic mass is 10.0. The number of carbonyl (C=O) groups excluding carboxylic acids is 1. The van der Waals surface area contributed by atoms with Crippen LogP contribution in [0.3, 0.4) is 0 Å². The van der Waals surface area contributed by atoms with Gasteiger partial charge in [-0.3, -0.25) is 9.78 Å². The van der Waals surface area contributed by atoms with Crippen LogP contribution in [-0.4, -0.2) is 36.5 Å². The monoisotopic (exact) mass is 389 g/mol. The lowest BCUT2D eigenvalue weighted by Gasteiger charge is -2.09. The Morgan fingerprint density at radius 3 is 2.62 bits per heavy atom. The molecule has 0 fully saturated rings. The fourth-order valence-electron chi connectivity index (χ4n) is 2.95. The lowest BCUT2D eigenvalue weighted by Crippen LogP contribution is -2.16. The molecule has 4 rings (SSSR count). The number of rotatable bonds is 4. The second-order valence-corrected chi connectivity index (χ2v) is 6.44. The van der Waals surface area contributed by atoms with Crippen LogP contribution in [0.2, 0.25) is 0 Å². The van der Waals surface area contributed by atoms with Crippen molar-refractivity contribution in [3.8, 4) is 22.6 Å². The Bertz CT molecular complexity index is 1150. The third-order valence-corrected chi connectivity index (χ3v) is 4.46. The fraction of sp³-hybridized carbons (Fsp3) is 0.100. The largest absolute Gasteiger partial charge is 0.305 e. The SMILES string of the molecule is Cc1ccc(-c2nn[nH]n2)cc1-c1cnc(NC(=O)c2c(C)cccc2F)cn1. The van der Waals surface area contributed by atoms with Crippen molar-refractivity contribution in [2.45, 2.75) is 13.8 Å². The van der Waals surface area contributed by atoms with Gasteiger partial charge in [0.1, 0.15) is 5.82 Å². The molecule has 2 heterocycles. The zero-order valence-corrected chi connectivity index (χ0v) is 15.6. The molecule has 0 radical (unpaired) electrons. The smallest absolute Gasteiger partial charge is 0.260 e. The molecular weight excluding hydrogens is 373 g/mol. The Hall–Kier alpha value is -4.01. The highest BCUT2D eigenvalue weighted by molar-refractivity contribution is 6.04. The highest BCUT2D eigenvalue weighted by Gasteiger charge is 2.15. The van der Waals surface area contributed by atoms with E-state index >= 15 is 0 Å². The zero-order chi connectivity index (χ0) is 20.4. The van der Waals surface area contributed by atoms with E-state index < -0.39 is 11.7 Å².